The van der Waals surface area contributed by atoms with Gasteiger partial charge < -0.3 is 14.6 Å². The summed E-state index contributed by atoms with van der Waals surface area (Å²) < 4.78 is 18.6. The summed E-state index contributed by atoms with van der Waals surface area (Å²) in [5, 5.41) is 3.36. The Hall–Kier alpha value is -3.15. The van der Waals surface area contributed by atoms with Crippen LogP contribution in [-0.2, 0) is 4.79 Å². The molecule has 2 amide bonds. The Labute approximate surface area is 137 Å². The summed E-state index contributed by atoms with van der Waals surface area (Å²) in [5.41, 5.74) is 0.947. The number of nitrogens with one attached hydrogen (secondary N) is 1. The number of likely N-dealkylation sites (N-methyl/N-ethyl adjacent to an activating group) is 1. The van der Waals surface area contributed by atoms with Crippen LogP contribution in [0.15, 0.2) is 59.0 Å². The van der Waals surface area contributed by atoms with Crippen molar-refractivity contribution in [2.24, 2.45) is 0 Å². The summed E-state index contributed by atoms with van der Waals surface area (Å²) in [6.07, 6.45) is 0. The van der Waals surface area contributed by atoms with E-state index in [2.05, 4.69) is 5.32 Å². The van der Waals surface area contributed by atoms with Crippen LogP contribution in [0.25, 0.3) is 11.0 Å². The molecule has 0 aliphatic rings. The highest BCUT2D eigenvalue weighted by Crippen LogP contribution is 2.19. The van der Waals surface area contributed by atoms with Gasteiger partial charge in [0.15, 0.2) is 5.76 Å². The minimum atomic E-state index is -0.445. The van der Waals surface area contributed by atoms with Gasteiger partial charge in [-0.25, -0.2) is 4.39 Å². The van der Waals surface area contributed by atoms with E-state index in [0.29, 0.717) is 11.3 Å². The van der Waals surface area contributed by atoms with Crippen molar-refractivity contribution in [2.75, 3.05) is 18.9 Å². The van der Waals surface area contributed by atoms with Crippen molar-refractivity contribution in [3.05, 3.63) is 66.2 Å². The van der Waals surface area contributed by atoms with Gasteiger partial charge in [0.2, 0.25) is 5.91 Å². The Bertz CT molecular complexity index is 871. The zero-order valence-electron chi connectivity index (χ0n) is 13.0. The zero-order chi connectivity index (χ0) is 17.1. The third-order valence-corrected chi connectivity index (χ3v) is 3.47. The van der Waals surface area contributed by atoms with E-state index in [0.717, 1.165) is 5.39 Å². The van der Waals surface area contributed by atoms with Crippen LogP contribution < -0.4 is 5.32 Å². The van der Waals surface area contributed by atoms with Crippen molar-refractivity contribution in [1.29, 1.82) is 0 Å². The minimum Gasteiger partial charge on any atom is -0.451 e. The van der Waals surface area contributed by atoms with Crippen molar-refractivity contribution in [3.63, 3.8) is 0 Å². The van der Waals surface area contributed by atoms with Gasteiger partial charge in [0.25, 0.3) is 5.91 Å². The molecule has 0 unspecified atom stereocenters. The number of furan rings is 1. The molecular formula is C18H15FN2O3. The Morgan fingerprint density at radius 1 is 1.12 bits per heavy atom. The average Bonchev–Trinajstić information content (AvgIpc) is 2.97. The molecule has 2 aromatic carbocycles. The van der Waals surface area contributed by atoms with Crippen LogP contribution in [0.1, 0.15) is 10.6 Å². The van der Waals surface area contributed by atoms with Crippen LogP contribution in [0.2, 0.25) is 0 Å². The van der Waals surface area contributed by atoms with Gasteiger partial charge in [0.1, 0.15) is 11.4 Å². The molecule has 0 fully saturated rings. The van der Waals surface area contributed by atoms with Gasteiger partial charge in [-0.05, 0) is 30.3 Å². The normalized spacial score (nSPS) is 10.6. The molecule has 1 heterocycles. The Balaban J connectivity index is 1.66. The molecule has 24 heavy (non-hydrogen) atoms. The third kappa shape index (κ3) is 3.43. The molecular weight excluding hydrogens is 311 g/mol. The quantitative estimate of drug-likeness (QED) is 0.800. The second kappa shape index (κ2) is 6.54. The molecule has 3 rings (SSSR count). The third-order valence-electron chi connectivity index (χ3n) is 3.47. The topological polar surface area (TPSA) is 62.6 Å². The SMILES string of the molecule is CN(CC(=O)Nc1cccc(F)c1)C(=O)c1cc2ccccc2o1. The highest BCUT2D eigenvalue weighted by atomic mass is 19.1. The van der Waals surface area contributed by atoms with Gasteiger partial charge in [0, 0.05) is 18.1 Å². The predicted molar refractivity (Wildman–Crippen MR) is 88.2 cm³/mol. The van der Waals surface area contributed by atoms with Crippen molar-refractivity contribution in [3.8, 4) is 0 Å². The first-order chi connectivity index (χ1) is 11.5. The summed E-state index contributed by atoms with van der Waals surface area (Å²) in [5.74, 6) is -1.11. The summed E-state index contributed by atoms with van der Waals surface area (Å²) in [6, 6.07) is 14.5. The Morgan fingerprint density at radius 2 is 1.92 bits per heavy atom. The van der Waals surface area contributed by atoms with Gasteiger partial charge >= 0.3 is 0 Å². The van der Waals surface area contributed by atoms with E-state index in [9.17, 15) is 14.0 Å². The van der Waals surface area contributed by atoms with Crippen molar-refractivity contribution >= 4 is 28.5 Å². The lowest BCUT2D eigenvalue weighted by Crippen LogP contribution is -2.34. The fraction of sp³-hybridized carbons (Fsp3) is 0.111. The molecule has 122 valence electrons. The molecule has 0 spiro atoms. The monoisotopic (exact) mass is 326 g/mol. The molecule has 0 radical (unpaired) electrons. The average molecular weight is 326 g/mol. The van der Waals surface area contributed by atoms with Crippen LogP contribution >= 0.6 is 0 Å². The Kier molecular flexibility index (Phi) is 4.29. The van der Waals surface area contributed by atoms with E-state index >= 15 is 0 Å². The standard InChI is InChI=1S/C18H15FN2O3/c1-21(11-17(22)20-14-7-4-6-13(19)10-14)18(23)16-9-12-5-2-3-8-15(12)24-16/h2-10H,11H2,1H3,(H,20,22). The van der Waals surface area contributed by atoms with Gasteiger partial charge in [-0.15, -0.1) is 0 Å². The summed E-state index contributed by atoms with van der Waals surface area (Å²) in [7, 11) is 1.50. The van der Waals surface area contributed by atoms with Crippen molar-refractivity contribution in [1.82, 2.24) is 4.90 Å². The van der Waals surface area contributed by atoms with E-state index in [1.165, 1.54) is 30.1 Å². The number of rotatable bonds is 4. The number of hydrogen-bond donors (Lipinski definition) is 1. The van der Waals surface area contributed by atoms with Gasteiger partial charge in [0.05, 0.1) is 6.54 Å². The lowest BCUT2D eigenvalue weighted by Gasteiger charge is -2.15. The Morgan fingerprint density at radius 3 is 2.67 bits per heavy atom. The highest BCUT2D eigenvalue weighted by Gasteiger charge is 2.19. The first-order valence-corrected chi connectivity index (χ1v) is 7.32. The molecule has 6 heteroatoms. The number of nitrogens with zero attached hydrogens (tertiary/aromatic N) is 1. The van der Waals surface area contributed by atoms with Crippen LogP contribution in [-0.4, -0.2) is 30.3 Å². The first kappa shape index (κ1) is 15.7. The molecule has 0 aliphatic heterocycles. The molecule has 1 N–H and O–H groups in total. The number of anilines is 1. The number of carbonyl (C=O) groups is 2. The first-order valence-electron chi connectivity index (χ1n) is 7.32. The second-order valence-electron chi connectivity index (χ2n) is 5.37. The number of amides is 2. The van der Waals surface area contributed by atoms with Crippen LogP contribution in [0.5, 0.6) is 0 Å². The predicted octanol–water partition coefficient (Wildman–Crippen LogP) is 3.28. The lowest BCUT2D eigenvalue weighted by molar-refractivity contribution is -0.116. The maximum atomic E-state index is 13.1. The minimum absolute atomic E-state index is 0.164. The van der Waals surface area contributed by atoms with E-state index in [4.69, 9.17) is 4.42 Å². The van der Waals surface area contributed by atoms with Crippen molar-refractivity contribution in [2.45, 2.75) is 0 Å². The number of para-hydroxylation sites is 1. The smallest absolute Gasteiger partial charge is 0.289 e. The zero-order valence-corrected chi connectivity index (χ0v) is 13.0. The van der Waals surface area contributed by atoms with Crippen LogP contribution in [0.4, 0.5) is 10.1 Å². The van der Waals surface area contributed by atoms with Gasteiger partial charge in [-0.3, -0.25) is 9.59 Å². The molecule has 0 saturated carbocycles. The van der Waals surface area contributed by atoms with Crippen LogP contribution in [0, 0.1) is 5.82 Å². The summed E-state index contributed by atoms with van der Waals surface area (Å²) in [6.45, 7) is -0.174. The van der Waals surface area contributed by atoms with Crippen molar-refractivity contribution < 1.29 is 18.4 Å². The molecule has 1 aromatic heterocycles. The second-order valence-corrected chi connectivity index (χ2v) is 5.37. The number of fused-ring (bicyclic) bond motifs is 1. The fourth-order valence-corrected chi connectivity index (χ4v) is 2.33. The summed E-state index contributed by atoms with van der Waals surface area (Å²) in [4.78, 5) is 25.6. The lowest BCUT2D eigenvalue weighted by atomic mass is 10.2. The van der Waals surface area contributed by atoms with E-state index < -0.39 is 17.6 Å². The van der Waals surface area contributed by atoms with E-state index in [1.807, 2.05) is 18.2 Å². The maximum absolute atomic E-state index is 13.1. The number of hydrogen-bond acceptors (Lipinski definition) is 3. The van der Waals surface area contributed by atoms with E-state index in [-0.39, 0.29) is 12.3 Å². The van der Waals surface area contributed by atoms with E-state index in [1.54, 1.807) is 18.2 Å². The molecule has 0 aliphatic carbocycles. The fourth-order valence-electron chi connectivity index (χ4n) is 2.33. The highest BCUT2D eigenvalue weighted by molar-refractivity contribution is 5.99. The number of halogens is 1. The molecule has 0 saturated heterocycles. The van der Waals surface area contributed by atoms with Crippen LogP contribution in [0.3, 0.4) is 0 Å². The number of carbonyl (C=O) groups excluding carboxylic acids is 2. The number of benzene rings is 2. The molecule has 0 bridgehead atoms. The molecule has 0 atom stereocenters. The summed E-state index contributed by atoms with van der Waals surface area (Å²) >= 11 is 0. The molecule has 3 aromatic rings. The molecule has 5 nitrogen and oxygen atoms in total. The van der Waals surface area contributed by atoms with Gasteiger partial charge in [-0.1, -0.05) is 24.3 Å². The maximum Gasteiger partial charge on any atom is 0.289 e. The van der Waals surface area contributed by atoms with Gasteiger partial charge in [-0.2, -0.15) is 0 Å². The largest absolute Gasteiger partial charge is 0.451 e.